The fraction of sp³-hybridized carbons (Fsp3) is 0.200. The molecule has 8 heteroatoms. The summed E-state index contributed by atoms with van der Waals surface area (Å²) in [5, 5.41) is 20.2. The molecule has 0 bridgehead atoms. The molecule has 8 nitrogen and oxygen atoms in total. The highest BCUT2D eigenvalue weighted by atomic mass is 16.2. The third kappa shape index (κ3) is 6.56. The average molecular weight is 380 g/mol. The topological polar surface area (TPSA) is 158 Å². The molecule has 2 rings (SSSR count). The van der Waals surface area contributed by atoms with Crippen molar-refractivity contribution < 1.29 is 9.59 Å². The molecule has 0 aliphatic carbocycles. The lowest BCUT2D eigenvalue weighted by Gasteiger charge is -2.07. The molecule has 28 heavy (non-hydrogen) atoms. The van der Waals surface area contributed by atoms with Gasteiger partial charge < -0.3 is 22.1 Å². The van der Waals surface area contributed by atoms with Crippen molar-refractivity contribution in [2.24, 2.45) is 11.5 Å². The molecule has 2 aromatic carbocycles. The Bertz CT molecular complexity index is 786. The summed E-state index contributed by atoms with van der Waals surface area (Å²) in [6, 6.07) is 13.5. The molecule has 2 aromatic rings. The van der Waals surface area contributed by atoms with Gasteiger partial charge in [0, 0.05) is 35.3 Å². The van der Waals surface area contributed by atoms with E-state index in [1.807, 2.05) is 0 Å². The Morgan fingerprint density at radius 3 is 1.29 bits per heavy atom. The molecule has 0 atom stereocenters. The summed E-state index contributed by atoms with van der Waals surface area (Å²) in [6.45, 7) is 0. The largest absolute Gasteiger partial charge is 0.384 e. The van der Waals surface area contributed by atoms with Crippen molar-refractivity contribution in [2.75, 3.05) is 10.6 Å². The molecule has 0 fully saturated rings. The highest BCUT2D eigenvalue weighted by molar-refractivity contribution is 5.97. The summed E-state index contributed by atoms with van der Waals surface area (Å²) in [7, 11) is 0. The molecule has 0 unspecified atom stereocenters. The summed E-state index contributed by atoms with van der Waals surface area (Å²) in [5.41, 5.74) is 13.3. The van der Waals surface area contributed by atoms with Gasteiger partial charge in [0.25, 0.3) is 0 Å². The summed E-state index contributed by atoms with van der Waals surface area (Å²) in [5.74, 6) is -0.302. The fourth-order valence-corrected chi connectivity index (χ4v) is 2.48. The fourth-order valence-electron chi connectivity index (χ4n) is 2.48. The van der Waals surface area contributed by atoms with Gasteiger partial charge in [-0.1, -0.05) is 0 Å². The van der Waals surface area contributed by atoms with Gasteiger partial charge in [0.15, 0.2) is 0 Å². The van der Waals surface area contributed by atoms with E-state index in [1.54, 1.807) is 48.5 Å². The van der Waals surface area contributed by atoms with Crippen LogP contribution in [0.2, 0.25) is 0 Å². The molecule has 0 saturated heterocycles. The van der Waals surface area contributed by atoms with Crippen LogP contribution in [0.1, 0.15) is 36.8 Å². The second-order valence-electron chi connectivity index (χ2n) is 6.29. The maximum Gasteiger partial charge on any atom is 0.224 e. The molecular formula is C20H24N6O2. The predicted molar refractivity (Wildman–Crippen MR) is 111 cm³/mol. The molecule has 8 N–H and O–H groups in total. The minimum atomic E-state index is -0.129. The number of carbonyl (C=O) groups is 2. The quantitative estimate of drug-likeness (QED) is 0.224. The maximum atomic E-state index is 11.9. The van der Waals surface area contributed by atoms with Crippen LogP contribution >= 0.6 is 0 Å². The van der Waals surface area contributed by atoms with Crippen LogP contribution < -0.4 is 22.1 Å². The molecular weight excluding hydrogens is 356 g/mol. The zero-order valence-electron chi connectivity index (χ0n) is 15.4. The average Bonchev–Trinajstić information content (AvgIpc) is 2.66. The number of unbranched alkanes of at least 4 members (excludes halogenated alkanes) is 1. The molecule has 2 amide bonds. The first-order chi connectivity index (χ1) is 13.3. The second-order valence-corrected chi connectivity index (χ2v) is 6.29. The van der Waals surface area contributed by atoms with E-state index >= 15 is 0 Å². The van der Waals surface area contributed by atoms with E-state index in [2.05, 4.69) is 10.6 Å². The Labute approximate surface area is 163 Å². The molecule has 0 aromatic heterocycles. The van der Waals surface area contributed by atoms with E-state index in [4.69, 9.17) is 22.3 Å². The number of anilines is 2. The Morgan fingerprint density at radius 2 is 1.00 bits per heavy atom. The van der Waals surface area contributed by atoms with Gasteiger partial charge in [0.05, 0.1) is 0 Å². The first kappa shape index (κ1) is 20.6. The van der Waals surface area contributed by atoms with Gasteiger partial charge >= 0.3 is 0 Å². The van der Waals surface area contributed by atoms with Crippen molar-refractivity contribution in [3.8, 4) is 0 Å². The molecule has 0 radical (unpaired) electrons. The number of hydrogen-bond acceptors (Lipinski definition) is 4. The lowest BCUT2D eigenvalue weighted by atomic mass is 10.1. The van der Waals surface area contributed by atoms with Gasteiger partial charge in [-0.3, -0.25) is 20.4 Å². The van der Waals surface area contributed by atoms with Gasteiger partial charge in [0.1, 0.15) is 11.7 Å². The van der Waals surface area contributed by atoms with Crippen LogP contribution in [-0.2, 0) is 9.59 Å². The standard InChI is InChI=1S/C20H24N6O2/c21-19(22)13-5-9-15(10-6-13)25-17(27)3-1-2-4-18(28)26-16-11-7-14(8-12-16)20(23)24/h5-12H,1-4H2,(H3,21,22)(H3,23,24)(H,25,27)(H,26,28). The predicted octanol–water partition coefficient (Wildman–Crippen LogP) is 2.39. The zero-order chi connectivity index (χ0) is 20.5. The van der Waals surface area contributed by atoms with Gasteiger partial charge in [-0.25, -0.2) is 0 Å². The van der Waals surface area contributed by atoms with Crippen LogP contribution in [0.25, 0.3) is 0 Å². The smallest absolute Gasteiger partial charge is 0.224 e. The number of nitrogen functional groups attached to an aromatic ring is 2. The maximum absolute atomic E-state index is 11.9. The third-order valence-electron chi connectivity index (χ3n) is 4.02. The zero-order valence-corrected chi connectivity index (χ0v) is 15.4. The Balaban J connectivity index is 1.67. The van der Waals surface area contributed by atoms with Crippen LogP contribution in [0, 0.1) is 10.8 Å². The van der Waals surface area contributed by atoms with Crippen LogP contribution in [0.3, 0.4) is 0 Å². The minimum Gasteiger partial charge on any atom is -0.384 e. The number of nitrogens with two attached hydrogens (primary N) is 2. The number of carbonyl (C=O) groups excluding carboxylic acids is 2. The molecule has 146 valence electrons. The van der Waals surface area contributed by atoms with Gasteiger partial charge in [0.2, 0.25) is 11.8 Å². The number of hydrogen-bond donors (Lipinski definition) is 6. The van der Waals surface area contributed by atoms with Crippen LogP contribution in [0.5, 0.6) is 0 Å². The van der Waals surface area contributed by atoms with Gasteiger partial charge in [-0.15, -0.1) is 0 Å². The molecule has 0 heterocycles. The summed E-state index contributed by atoms with van der Waals surface area (Å²) < 4.78 is 0. The van der Waals surface area contributed by atoms with Crippen LogP contribution in [0.4, 0.5) is 11.4 Å². The van der Waals surface area contributed by atoms with Crippen molar-refractivity contribution in [3.63, 3.8) is 0 Å². The monoisotopic (exact) mass is 380 g/mol. The van der Waals surface area contributed by atoms with E-state index in [0.717, 1.165) is 0 Å². The van der Waals surface area contributed by atoms with Gasteiger partial charge in [-0.2, -0.15) is 0 Å². The number of benzene rings is 2. The first-order valence-corrected chi connectivity index (χ1v) is 8.84. The third-order valence-corrected chi connectivity index (χ3v) is 4.02. The van der Waals surface area contributed by atoms with Crippen molar-refractivity contribution in [3.05, 3.63) is 59.7 Å². The van der Waals surface area contributed by atoms with Crippen molar-refractivity contribution >= 4 is 34.9 Å². The first-order valence-electron chi connectivity index (χ1n) is 8.84. The van der Waals surface area contributed by atoms with Gasteiger partial charge in [-0.05, 0) is 61.4 Å². The molecule has 0 aliphatic rings. The van der Waals surface area contributed by atoms with E-state index in [9.17, 15) is 9.59 Å². The van der Waals surface area contributed by atoms with Crippen LogP contribution in [-0.4, -0.2) is 23.5 Å². The highest BCUT2D eigenvalue weighted by Crippen LogP contribution is 2.12. The Hall–Kier alpha value is -3.68. The van der Waals surface area contributed by atoms with E-state index in [1.165, 1.54) is 0 Å². The van der Waals surface area contributed by atoms with Crippen molar-refractivity contribution in [1.29, 1.82) is 10.8 Å². The van der Waals surface area contributed by atoms with Crippen molar-refractivity contribution in [2.45, 2.75) is 25.7 Å². The van der Waals surface area contributed by atoms with E-state index in [0.29, 0.717) is 48.2 Å². The van der Waals surface area contributed by atoms with E-state index in [-0.39, 0.29) is 23.5 Å². The highest BCUT2D eigenvalue weighted by Gasteiger charge is 2.06. The number of nitrogens with one attached hydrogen (secondary N) is 4. The molecule has 0 spiro atoms. The lowest BCUT2D eigenvalue weighted by Crippen LogP contribution is -2.14. The van der Waals surface area contributed by atoms with E-state index < -0.39 is 0 Å². The van der Waals surface area contributed by atoms with Crippen LogP contribution in [0.15, 0.2) is 48.5 Å². The van der Waals surface area contributed by atoms with Crippen molar-refractivity contribution in [1.82, 2.24) is 0 Å². The molecule has 0 saturated carbocycles. The summed E-state index contributed by atoms with van der Waals surface area (Å²) >= 11 is 0. The second kappa shape index (κ2) is 9.86. The molecule has 0 aliphatic heterocycles. The number of amides is 2. The normalized spacial score (nSPS) is 10.1. The Kier molecular flexibility index (Phi) is 7.27. The minimum absolute atomic E-state index is 0.0223. The summed E-state index contributed by atoms with van der Waals surface area (Å²) in [6.07, 6.45) is 1.81. The Morgan fingerprint density at radius 1 is 0.679 bits per heavy atom. The summed E-state index contributed by atoms with van der Waals surface area (Å²) in [4.78, 5) is 23.9. The lowest BCUT2D eigenvalue weighted by molar-refractivity contribution is -0.118. The number of rotatable bonds is 9. The SMILES string of the molecule is N=C(N)c1ccc(NC(=O)CCCCC(=O)Nc2ccc(C(=N)N)cc2)cc1. The number of amidine groups is 2.